The molecule has 0 bridgehead atoms. The molecule has 0 radical (unpaired) electrons. The molecule has 0 unspecified atom stereocenters. The van der Waals surface area contributed by atoms with Gasteiger partial charge in [0.25, 0.3) is 0 Å². The van der Waals surface area contributed by atoms with Crippen LogP contribution in [0.3, 0.4) is 0 Å². The molecule has 0 saturated heterocycles. The Bertz CT molecular complexity index is 581. The van der Waals surface area contributed by atoms with Crippen LogP contribution in [0.4, 0.5) is 5.69 Å². The van der Waals surface area contributed by atoms with E-state index in [1.165, 1.54) is 5.56 Å². The van der Waals surface area contributed by atoms with Crippen LogP contribution in [0.25, 0.3) is 0 Å². The van der Waals surface area contributed by atoms with E-state index in [0.717, 1.165) is 22.3 Å². The molecule has 2 aromatic carbocycles. The summed E-state index contributed by atoms with van der Waals surface area (Å²) in [5, 5.41) is 0. The molecule has 2 aromatic rings. The number of benzene rings is 2. The first kappa shape index (κ1) is 13.8. The molecule has 19 heavy (non-hydrogen) atoms. The highest BCUT2D eigenvalue weighted by Gasteiger charge is 2.08. The molecule has 0 fully saturated rings. The van der Waals surface area contributed by atoms with Crippen LogP contribution in [0.1, 0.15) is 22.8 Å². The Balaban J connectivity index is 2.20. The normalized spacial score (nSPS) is 10.3. The van der Waals surface area contributed by atoms with E-state index in [4.69, 9.17) is 0 Å². The van der Waals surface area contributed by atoms with Crippen LogP contribution >= 0.6 is 15.9 Å². The predicted octanol–water partition coefficient (Wildman–Crippen LogP) is 4.29. The maximum Gasteiger partial charge on any atom is 0.159 e. The molecule has 0 N–H and O–H groups in total. The van der Waals surface area contributed by atoms with Crippen molar-refractivity contribution in [1.29, 1.82) is 0 Å². The summed E-state index contributed by atoms with van der Waals surface area (Å²) in [4.78, 5) is 13.5. The summed E-state index contributed by atoms with van der Waals surface area (Å²) < 4.78 is 0.943. The summed E-state index contributed by atoms with van der Waals surface area (Å²) in [5.74, 6) is 0.0814. The molecular formula is C16H16BrNO. The Kier molecular flexibility index (Phi) is 4.38. The van der Waals surface area contributed by atoms with E-state index in [9.17, 15) is 4.79 Å². The molecule has 0 amide bonds. The van der Waals surface area contributed by atoms with Crippen molar-refractivity contribution in [2.75, 3.05) is 11.9 Å². The number of Topliss-reactive ketones (excluding diaryl/α,β-unsaturated/α-hetero) is 1. The highest BCUT2D eigenvalue weighted by atomic mass is 79.9. The van der Waals surface area contributed by atoms with E-state index < -0.39 is 0 Å². The molecule has 2 nitrogen and oxygen atoms in total. The molecule has 0 aromatic heterocycles. The first-order chi connectivity index (χ1) is 9.08. The van der Waals surface area contributed by atoms with E-state index in [0.29, 0.717) is 0 Å². The van der Waals surface area contributed by atoms with Crippen LogP contribution in [0.5, 0.6) is 0 Å². The maximum absolute atomic E-state index is 11.3. The van der Waals surface area contributed by atoms with Gasteiger partial charge in [-0.3, -0.25) is 4.79 Å². The van der Waals surface area contributed by atoms with Gasteiger partial charge >= 0.3 is 0 Å². The number of hydrogen-bond donors (Lipinski definition) is 0. The number of anilines is 1. The molecular weight excluding hydrogens is 302 g/mol. The van der Waals surface area contributed by atoms with Gasteiger partial charge in [0, 0.05) is 23.6 Å². The number of carbonyl (C=O) groups excluding carboxylic acids is 1. The first-order valence-corrected chi connectivity index (χ1v) is 6.93. The minimum atomic E-state index is 0.0814. The van der Waals surface area contributed by atoms with Crippen LogP contribution in [-0.4, -0.2) is 12.8 Å². The molecule has 0 spiro atoms. The Morgan fingerprint density at radius 1 is 1.16 bits per heavy atom. The lowest BCUT2D eigenvalue weighted by atomic mass is 10.1. The lowest BCUT2D eigenvalue weighted by molar-refractivity contribution is 0.101. The predicted molar refractivity (Wildman–Crippen MR) is 82.7 cm³/mol. The average Bonchev–Trinajstić information content (AvgIpc) is 2.39. The molecule has 0 atom stereocenters. The van der Waals surface area contributed by atoms with Crippen molar-refractivity contribution >= 4 is 27.4 Å². The molecule has 0 aliphatic heterocycles. The lowest BCUT2D eigenvalue weighted by Crippen LogP contribution is -2.16. The van der Waals surface area contributed by atoms with Crippen molar-refractivity contribution < 1.29 is 4.79 Å². The zero-order chi connectivity index (χ0) is 13.8. The maximum atomic E-state index is 11.3. The van der Waals surface area contributed by atoms with E-state index in [1.54, 1.807) is 6.92 Å². The van der Waals surface area contributed by atoms with Crippen molar-refractivity contribution in [3.05, 3.63) is 64.1 Å². The fourth-order valence-electron chi connectivity index (χ4n) is 1.98. The molecule has 2 rings (SSSR count). The summed E-state index contributed by atoms with van der Waals surface area (Å²) in [6, 6.07) is 16.0. The van der Waals surface area contributed by atoms with Crippen LogP contribution in [0.2, 0.25) is 0 Å². The fraction of sp³-hybridized carbons (Fsp3) is 0.188. The van der Waals surface area contributed by atoms with Crippen molar-refractivity contribution in [2.24, 2.45) is 0 Å². The largest absolute Gasteiger partial charge is 0.369 e. The highest BCUT2D eigenvalue weighted by molar-refractivity contribution is 9.10. The van der Waals surface area contributed by atoms with Gasteiger partial charge in [0.05, 0.1) is 5.69 Å². The molecule has 98 valence electrons. The van der Waals surface area contributed by atoms with E-state index in [2.05, 4.69) is 33.0 Å². The average molecular weight is 318 g/mol. The van der Waals surface area contributed by atoms with Gasteiger partial charge in [-0.25, -0.2) is 0 Å². The van der Waals surface area contributed by atoms with E-state index in [1.807, 2.05) is 43.4 Å². The van der Waals surface area contributed by atoms with Crippen LogP contribution in [0.15, 0.2) is 53.0 Å². The fourth-order valence-corrected chi connectivity index (χ4v) is 2.66. The van der Waals surface area contributed by atoms with Crippen molar-refractivity contribution in [2.45, 2.75) is 13.5 Å². The zero-order valence-electron chi connectivity index (χ0n) is 11.1. The van der Waals surface area contributed by atoms with Gasteiger partial charge in [0.2, 0.25) is 0 Å². The van der Waals surface area contributed by atoms with Crippen molar-refractivity contribution in [1.82, 2.24) is 0 Å². The zero-order valence-corrected chi connectivity index (χ0v) is 12.6. The number of rotatable bonds is 4. The molecule has 0 aliphatic carbocycles. The highest BCUT2D eigenvalue weighted by Crippen LogP contribution is 2.27. The number of halogens is 1. The summed E-state index contributed by atoms with van der Waals surface area (Å²) in [5.41, 5.74) is 3.06. The summed E-state index contributed by atoms with van der Waals surface area (Å²) >= 11 is 3.54. The second kappa shape index (κ2) is 6.02. The van der Waals surface area contributed by atoms with Gasteiger partial charge in [-0.2, -0.15) is 0 Å². The quantitative estimate of drug-likeness (QED) is 0.784. The first-order valence-electron chi connectivity index (χ1n) is 6.13. The monoisotopic (exact) mass is 317 g/mol. The van der Waals surface area contributed by atoms with E-state index in [-0.39, 0.29) is 5.78 Å². The SMILES string of the molecule is CC(=O)c1ccc(N(C)Cc2ccccc2)c(Br)c1. The van der Waals surface area contributed by atoms with Crippen molar-refractivity contribution in [3.8, 4) is 0 Å². The Hall–Kier alpha value is -1.61. The second-order valence-electron chi connectivity index (χ2n) is 4.56. The van der Waals surface area contributed by atoms with Gasteiger partial charge in [-0.1, -0.05) is 30.3 Å². The third kappa shape index (κ3) is 3.44. The summed E-state index contributed by atoms with van der Waals surface area (Å²) in [6.07, 6.45) is 0. The Morgan fingerprint density at radius 2 is 1.84 bits per heavy atom. The van der Waals surface area contributed by atoms with Crippen LogP contribution in [-0.2, 0) is 6.54 Å². The van der Waals surface area contributed by atoms with Crippen LogP contribution < -0.4 is 4.90 Å². The molecule has 0 heterocycles. The third-order valence-electron chi connectivity index (χ3n) is 3.03. The number of carbonyl (C=O) groups is 1. The van der Waals surface area contributed by atoms with Gasteiger partial charge in [0.1, 0.15) is 0 Å². The molecule has 3 heteroatoms. The summed E-state index contributed by atoms with van der Waals surface area (Å²) in [7, 11) is 2.04. The number of nitrogens with zero attached hydrogens (tertiary/aromatic N) is 1. The smallest absolute Gasteiger partial charge is 0.159 e. The van der Waals surface area contributed by atoms with Crippen LogP contribution in [0, 0.1) is 0 Å². The van der Waals surface area contributed by atoms with Gasteiger partial charge in [0.15, 0.2) is 5.78 Å². The summed E-state index contributed by atoms with van der Waals surface area (Å²) in [6.45, 7) is 2.41. The number of hydrogen-bond acceptors (Lipinski definition) is 2. The molecule has 0 aliphatic rings. The topological polar surface area (TPSA) is 20.3 Å². The van der Waals surface area contributed by atoms with Gasteiger partial charge in [-0.15, -0.1) is 0 Å². The van der Waals surface area contributed by atoms with Gasteiger partial charge < -0.3 is 4.90 Å². The Morgan fingerprint density at radius 3 is 2.42 bits per heavy atom. The minimum Gasteiger partial charge on any atom is -0.369 e. The van der Waals surface area contributed by atoms with Crippen molar-refractivity contribution in [3.63, 3.8) is 0 Å². The second-order valence-corrected chi connectivity index (χ2v) is 5.42. The van der Waals surface area contributed by atoms with Gasteiger partial charge in [-0.05, 0) is 46.6 Å². The minimum absolute atomic E-state index is 0.0814. The molecule has 0 saturated carbocycles. The standard InChI is InChI=1S/C16H16BrNO/c1-12(19)14-8-9-16(15(17)10-14)18(2)11-13-6-4-3-5-7-13/h3-10H,11H2,1-2H3. The number of ketones is 1. The Labute approximate surface area is 122 Å². The van der Waals surface area contributed by atoms with E-state index >= 15 is 0 Å². The third-order valence-corrected chi connectivity index (χ3v) is 3.66. The lowest BCUT2D eigenvalue weighted by Gasteiger charge is -2.21.